The molecule has 0 saturated heterocycles. The van der Waals surface area contributed by atoms with E-state index in [0.717, 1.165) is 37.9 Å². The maximum absolute atomic E-state index is 4.14. The van der Waals surface area contributed by atoms with Gasteiger partial charge in [0.15, 0.2) is 0 Å². The Balaban J connectivity index is 1.78. The van der Waals surface area contributed by atoms with Crippen LogP contribution in [0.25, 0.3) is 0 Å². The highest BCUT2D eigenvalue weighted by Gasteiger charge is 1.99. The fraction of sp³-hybridized carbons (Fsp3) is 0.429. The van der Waals surface area contributed by atoms with Gasteiger partial charge in [-0.05, 0) is 24.8 Å². The lowest BCUT2D eigenvalue weighted by Crippen LogP contribution is -2.00. The van der Waals surface area contributed by atoms with Gasteiger partial charge < -0.3 is 0 Å². The van der Waals surface area contributed by atoms with Crippen LogP contribution in [0.1, 0.15) is 31.0 Å². The first-order valence-electron chi connectivity index (χ1n) is 6.31. The van der Waals surface area contributed by atoms with Crippen LogP contribution in [0.2, 0.25) is 0 Å². The van der Waals surface area contributed by atoms with E-state index in [1.807, 2.05) is 4.68 Å². The minimum Gasteiger partial charge on any atom is -0.252 e. The van der Waals surface area contributed by atoms with Crippen molar-refractivity contribution < 1.29 is 0 Å². The lowest BCUT2D eigenvalue weighted by Gasteiger charge is -2.01. The zero-order valence-electron chi connectivity index (χ0n) is 10.3. The predicted octanol–water partition coefficient (Wildman–Crippen LogP) is 2.86. The summed E-state index contributed by atoms with van der Waals surface area (Å²) in [5.41, 5.74) is 2.49. The van der Waals surface area contributed by atoms with Crippen LogP contribution in [0, 0.1) is 0 Å². The lowest BCUT2D eigenvalue weighted by molar-refractivity contribution is 0.558. The third-order valence-corrected chi connectivity index (χ3v) is 2.79. The van der Waals surface area contributed by atoms with E-state index in [-0.39, 0.29) is 0 Å². The molecular formula is C14H19N3. The Labute approximate surface area is 102 Å². The zero-order valence-corrected chi connectivity index (χ0v) is 10.3. The van der Waals surface area contributed by atoms with Crippen molar-refractivity contribution in [3.8, 4) is 0 Å². The van der Waals surface area contributed by atoms with E-state index < -0.39 is 0 Å². The first-order valence-corrected chi connectivity index (χ1v) is 6.31. The SMILES string of the molecule is CCCc1cn(CCCc2ccccc2)nn1. The predicted molar refractivity (Wildman–Crippen MR) is 68.8 cm³/mol. The van der Waals surface area contributed by atoms with Crippen LogP contribution in [0.5, 0.6) is 0 Å². The third kappa shape index (κ3) is 3.70. The van der Waals surface area contributed by atoms with Crippen LogP contribution in [0.3, 0.4) is 0 Å². The fourth-order valence-electron chi connectivity index (χ4n) is 1.91. The Kier molecular flexibility index (Phi) is 4.30. The van der Waals surface area contributed by atoms with Crippen molar-refractivity contribution in [3.05, 3.63) is 47.8 Å². The Bertz CT molecular complexity index is 434. The van der Waals surface area contributed by atoms with E-state index in [1.165, 1.54) is 5.56 Å². The van der Waals surface area contributed by atoms with Crippen LogP contribution in [0.15, 0.2) is 36.5 Å². The molecule has 0 saturated carbocycles. The monoisotopic (exact) mass is 229 g/mol. The highest BCUT2D eigenvalue weighted by atomic mass is 15.4. The molecule has 2 aromatic rings. The highest BCUT2D eigenvalue weighted by molar-refractivity contribution is 5.14. The van der Waals surface area contributed by atoms with Gasteiger partial charge in [0.25, 0.3) is 0 Å². The summed E-state index contributed by atoms with van der Waals surface area (Å²) in [5, 5.41) is 8.28. The Morgan fingerprint density at radius 3 is 2.71 bits per heavy atom. The number of hydrogen-bond donors (Lipinski definition) is 0. The van der Waals surface area contributed by atoms with Gasteiger partial charge in [-0.3, -0.25) is 4.68 Å². The minimum absolute atomic E-state index is 0.950. The first-order chi connectivity index (χ1) is 8.38. The summed E-state index contributed by atoms with van der Waals surface area (Å²) < 4.78 is 1.95. The summed E-state index contributed by atoms with van der Waals surface area (Å²) >= 11 is 0. The molecule has 0 spiro atoms. The van der Waals surface area contributed by atoms with Crippen molar-refractivity contribution >= 4 is 0 Å². The highest BCUT2D eigenvalue weighted by Crippen LogP contribution is 2.04. The quantitative estimate of drug-likeness (QED) is 0.762. The van der Waals surface area contributed by atoms with Gasteiger partial charge in [-0.1, -0.05) is 48.9 Å². The van der Waals surface area contributed by atoms with E-state index >= 15 is 0 Å². The Morgan fingerprint density at radius 1 is 1.12 bits per heavy atom. The number of aryl methyl sites for hydroxylation is 3. The molecule has 1 aromatic heterocycles. The van der Waals surface area contributed by atoms with Crippen LogP contribution in [0.4, 0.5) is 0 Å². The van der Waals surface area contributed by atoms with Gasteiger partial charge in [-0.2, -0.15) is 0 Å². The molecule has 3 nitrogen and oxygen atoms in total. The van der Waals surface area contributed by atoms with Crippen LogP contribution < -0.4 is 0 Å². The van der Waals surface area contributed by atoms with Crippen LogP contribution in [-0.4, -0.2) is 15.0 Å². The largest absolute Gasteiger partial charge is 0.252 e. The molecule has 0 radical (unpaired) electrons. The van der Waals surface area contributed by atoms with Crippen molar-refractivity contribution in [2.24, 2.45) is 0 Å². The average molecular weight is 229 g/mol. The van der Waals surface area contributed by atoms with Gasteiger partial charge in [-0.15, -0.1) is 5.10 Å². The molecule has 0 atom stereocenters. The summed E-state index contributed by atoms with van der Waals surface area (Å²) in [6.45, 7) is 3.11. The second-order valence-corrected chi connectivity index (χ2v) is 4.31. The van der Waals surface area contributed by atoms with E-state index in [2.05, 4.69) is 53.8 Å². The Hall–Kier alpha value is -1.64. The minimum atomic E-state index is 0.950. The molecular weight excluding hydrogens is 210 g/mol. The topological polar surface area (TPSA) is 30.7 Å². The second kappa shape index (κ2) is 6.18. The number of hydrogen-bond acceptors (Lipinski definition) is 2. The lowest BCUT2D eigenvalue weighted by atomic mass is 10.1. The van der Waals surface area contributed by atoms with Gasteiger partial charge in [0.2, 0.25) is 0 Å². The van der Waals surface area contributed by atoms with Gasteiger partial charge >= 0.3 is 0 Å². The molecule has 0 N–H and O–H groups in total. The molecule has 0 unspecified atom stereocenters. The second-order valence-electron chi connectivity index (χ2n) is 4.31. The summed E-state index contributed by atoms with van der Waals surface area (Å²) in [5.74, 6) is 0. The van der Waals surface area contributed by atoms with Gasteiger partial charge in [0.1, 0.15) is 0 Å². The molecule has 0 fully saturated rings. The zero-order chi connectivity index (χ0) is 11.9. The van der Waals surface area contributed by atoms with Crippen molar-refractivity contribution in [1.82, 2.24) is 15.0 Å². The molecule has 3 heteroatoms. The molecule has 0 amide bonds. The summed E-state index contributed by atoms with van der Waals surface area (Å²) in [4.78, 5) is 0. The molecule has 17 heavy (non-hydrogen) atoms. The smallest absolute Gasteiger partial charge is 0.0827 e. The van der Waals surface area contributed by atoms with E-state index in [9.17, 15) is 0 Å². The van der Waals surface area contributed by atoms with Crippen LogP contribution in [-0.2, 0) is 19.4 Å². The molecule has 0 aliphatic rings. The fourth-order valence-corrected chi connectivity index (χ4v) is 1.91. The van der Waals surface area contributed by atoms with Gasteiger partial charge in [-0.25, -0.2) is 0 Å². The molecule has 2 rings (SSSR count). The van der Waals surface area contributed by atoms with E-state index in [1.54, 1.807) is 0 Å². The molecule has 90 valence electrons. The van der Waals surface area contributed by atoms with E-state index in [0.29, 0.717) is 0 Å². The number of benzene rings is 1. The van der Waals surface area contributed by atoms with Gasteiger partial charge in [0, 0.05) is 12.7 Å². The number of nitrogens with zero attached hydrogens (tertiary/aromatic N) is 3. The number of aromatic nitrogens is 3. The summed E-state index contributed by atoms with van der Waals surface area (Å²) in [6, 6.07) is 10.6. The van der Waals surface area contributed by atoms with Crippen LogP contribution >= 0.6 is 0 Å². The van der Waals surface area contributed by atoms with Gasteiger partial charge in [0.05, 0.1) is 5.69 Å². The maximum atomic E-state index is 4.14. The Morgan fingerprint density at radius 2 is 1.94 bits per heavy atom. The van der Waals surface area contributed by atoms with Crippen molar-refractivity contribution in [1.29, 1.82) is 0 Å². The normalized spacial score (nSPS) is 10.6. The summed E-state index contributed by atoms with van der Waals surface area (Å²) in [6.07, 6.45) is 6.43. The molecule has 1 heterocycles. The molecule has 0 bridgehead atoms. The standard InChI is InChI=1S/C14H19N3/c1-2-7-14-12-17(16-15-14)11-6-10-13-8-4-3-5-9-13/h3-5,8-9,12H,2,6-7,10-11H2,1H3. The first kappa shape index (κ1) is 11.8. The molecule has 1 aromatic carbocycles. The van der Waals surface area contributed by atoms with Crippen molar-refractivity contribution in [2.45, 2.75) is 39.2 Å². The molecule has 0 aliphatic carbocycles. The average Bonchev–Trinajstić information content (AvgIpc) is 2.79. The van der Waals surface area contributed by atoms with Crippen molar-refractivity contribution in [3.63, 3.8) is 0 Å². The molecule has 0 aliphatic heterocycles. The third-order valence-electron chi connectivity index (χ3n) is 2.79. The van der Waals surface area contributed by atoms with Crippen molar-refractivity contribution in [2.75, 3.05) is 0 Å². The maximum Gasteiger partial charge on any atom is 0.0827 e. The number of rotatable bonds is 6. The summed E-state index contributed by atoms with van der Waals surface area (Å²) in [7, 11) is 0. The van der Waals surface area contributed by atoms with E-state index in [4.69, 9.17) is 0 Å².